The molecule has 8 nitrogen and oxygen atoms in total. The number of Topliss-reactive ketones (excluding diaryl/α,β-unsaturated/α-hetero) is 1. The first-order valence-electron chi connectivity index (χ1n) is 5.44. The Balaban J connectivity index is 2.32. The van der Waals surface area contributed by atoms with E-state index < -0.39 is 17.3 Å². The van der Waals surface area contributed by atoms with E-state index in [1.165, 1.54) is 35.3 Å². The molecule has 0 aliphatic heterocycles. The molecule has 0 aliphatic carbocycles. The minimum Gasteiger partial charge on any atom is -0.506 e. The van der Waals surface area contributed by atoms with Gasteiger partial charge in [0.25, 0.3) is 6.54 Å². The van der Waals surface area contributed by atoms with Crippen LogP contribution in [0.4, 0.5) is 0 Å². The van der Waals surface area contributed by atoms with Gasteiger partial charge in [0.2, 0.25) is 5.78 Å². The number of aromatic nitrogens is 2. The van der Waals surface area contributed by atoms with Gasteiger partial charge in [-0.2, -0.15) is 10.4 Å². The quantitative estimate of drug-likeness (QED) is 0.501. The Morgan fingerprint density at radius 3 is 2.90 bits per heavy atom. The molecule has 1 aromatic carbocycles. The summed E-state index contributed by atoms with van der Waals surface area (Å²) < 4.78 is 1.21. The van der Waals surface area contributed by atoms with E-state index in [0.29, 0.717) is 0 Å². The maximum atomic E-state index is 11.5. The van der Waals surface area contributed by atoms with Crippen LogP contribution in [0.15, 0.2) is 30.6 Å². The third-order valence-corrected chi connectivity index (χ3v) is 2.53. The number of phenolic OH excluding ortho intramolecular Hbond substituents is 1. The highest BCUT2D eigenvalue weighted by Gasteiger charge is 2.16. The Hall–Kier alpha value is -3.21. The van der Waals surface area contributed by atoms with Gasteiger partial charge in [-0.1, -0.05) is 0 Å². The van der Waals surface area contributed by atoms with E-state index in [-0.39, 0.29) is 22.6 Å². The molecule has 20 heavy (non-hydrogen) atoms. The third-order valence-electron chi connectivity index (χ3n) is 2.53. The highest BCUT2D eigenvalue weighted by Crippen LogP contribution is 2.22. The summed E-state index contributed by atoms with van der Waals surface area (Å²) in [4.78, 5) is 21.0. The van der Waals surface area contributed by atoms with Crippen molar-refractivity contribution in [2.45, 2.75) is 0 Å². The third kappa shape index (κ3) is 2.62. The van der Waals surface area contributed by atoms with E-state index in [9.17, 15) is 20.0 Å². The number of carbonyl (C=O) groups is 1. The van der Waals surface area contributed by atoms with Crippen LogP contribution in [0, 0.1) is 21.4 Å². The van der Waals surface area contributed by atoms with Crippen LogP contribution >= 0.6 is 0 Å². The van der Waals surface area contributed by atoms with Crippen LogP contribution in [0.5, 0.6) is 5.75 Å². The van der Waals surface area contributed by atoms with Gasteiger partial charge in [-0.3, -0.25) is 14.9 Å². The Kier molecular flexibility index (Phi) is 3.43. The molecule has 100 valence electrons. The van der Waals surface area contributed by atoms with Gasteiger partial charge >= 0.3 is 0 Å². The van der Waals surface area contributed by atoms with Crippen LogP contribution in [-0.4, -0.2) is 32.1 Å². The molecule has 0 bridgehead atoms. The van der Waals surface area contributed by atoms with E-state index >= 15 is 0 Å². The molecule has 2 aromatic rings. The molecule has 0 radical (unpaired) electrons. The zero-order valence-electron chi connectivity index (χ0n) is 10.1. The van der Waals surface area contributed by atoms with Gasteiger partial charge in [0.1, 0.15) is 11.4 Å². The van der Waals surface area contributed by atoms with Gasteiger partial charge in [-0.05, 0) is 18.2 Å². The first-order valence-corrected chi connectivity index (χ1v) is 5.44. The summed E-state index contributed by atoms with van der Waals surface area (Å²) in [5.41, 5.74) is 0.623. The van der Waals surface area contributed by atoms with E-state index in [1.54, 1.807) is 0 Å². The van der Waals surface area contributed by atoms with Crippen molar-refractivity contribution in [3.05, 3.63) is 51.8 Å². The number of hydrogen-bond donors (Lipinski definition) is 1. The number of nitriles is 1. The fourth-order valence-electron chi connectivity index (χ4n) is 1.59. The number of ketones is 1. The predicted octanol–water partition coefficient (Wildman–Crippen LogP) is 0.909. The largest absolute Gasteiger partial charge is 0.506 e. The molecular weight excluding hydrogens is 264 g/mol. The monoisotopic (exact) mass is 272 g/mol. The van der Waals surface area contributed by atoms with E-state index in [2.05, 4.69) is 5.10 Å². The molecule has 0 fully saturated rings. The summed E-state index contributed by atoms with van der Waals surface area (Å²) in [5, 5.41) is 32.6. The lowest BCUT2D eigenvalue weighted by molar-refractivity contribution is -0.465. The molecule has 0 saturated carbocycles. The number of carbonyl (C=O) groups excluding carboxylic acids is 1. The lowest BCUT2D eigenvalue weighted by Gasteiger charge is -2.03. The number of rotatable bonds is 4. The average Bonchev–Trinajstić information content (AvgIpc) is 2.87. The van der Waals surface area contributed by atoms with Crippen LogP contribution < -0.4 is 0 Å². The van der Waals surface area contributed by atoms with Crippen molar-refractivity contribution in [2.75, 3.05) is 6.54 Å². The minimum atomic E-state index is -0.814. The van der Waals surface area contributed by atoms with Crippen LogP contribution in [0.3, 0.4) is 0 Å². The summed E-state index contributed by atoms with van der Waals surface area (Å²) in [5.74, 6) is -0.852. The van der Waals surface area contributed by atoms with E-state index in [0.717, 1.165) is 0 Å². The zero-order chi connectivity index (χ0) is 14.7. The second kappa shape index (κ2) is 5.19. The van der Waals surface area contributed by atoms with Crippen molar-refractivity contribution in [3.8, 4) is 17.5 Å². The Labute approximate surface area is 112 Å². The lowest BCUT2D eigenvalue weighted by Crippen LogP contribution is -2.13. The maximum Gasteiger partial charge on any atom is 0.265 e. The Bertz CT molecular complexity index is 729. The molecule has 8 heteroatoms. The first kappa shape index (κ1) is 13.2. The number of phenols is 1. The van der Waals surface area contributed by atoms with Crippen LogP contribution in [-0.2, 0) is 0 Å². The molecule has 0 amide bonds. The van der Waals surface area contributed by atoms with Crippen LogP contribution in [0.1, 0.15) is 15.9 Å². The van der Waals surface area contributed by atoms with Gasteiger partial charge in [-0.25, -0.2) is 4.68 Å². The fourth-order valence-corrected chi connectivity index (χ4v) is 1.59. The van der Waals surface area contributed by atoms with Gasteiger partial charge in [0.15, 0.2) is 0 Å². The van der Waals surface area contributed by atoms with Gasteiger partial charge in [0, 0.05) is 11.1 Å². The fraction of sp³-hybridized carbons (Fsp3) is 0.0833. The molecule has 1 heterocycles. The van der Waals surface area contributed by atoms with Crippen LogP contribution in [0.2, 0.25) is 0 Å². The molecule has 0 spiro atoms. The van der Waals surface area contributed by atoms with Gasteiger partial charge in [0.05, 0.1) is 23.4 Å². The van der Waals surface area contributed by atoms with E-state index in [4.69, 9.17) is 5.26 Å². The van der Waals surface area contributed by atoms with Crippen LogP contribution in [0.25, 0.3) is 5.69 Å². The normalized spacial score (nSPS) is 9.95. The van der Waals surface area contributed by atoms with Gasteiger partial charge in [-0.15, -0.1) is 0 Å². The molecule has 0 saturated heterocycles. The number of aromatic hydroxyl groups is 1. The average molecular weight is 272 g/mol. The number of benzene rings is 1. The summed E-state index contributed by atoms with van der Waals surface area (Å²) in [6, 6.07) is 6.07. The van der Waals surface area contributed by atoms with Crippen molar-refractivity contribution in [2.24, 2.45) is 0 Å². The number of nitrogens with zero attached hydrogens (tertiary/aromatic N) is 4. The lowest BCUT2D eigenvalue weighted by atomic mass is 10.2. The number of nitro groups is 1. The van der Waals surface area contributed by atoms with Crippen molar-refractivity contribution < 1.29 is 14.8 Å². The molecule has 2 rings (SSSR count). The second-order valence-electron chi connectivity index (χ2n) is 3.90. The van der Waals surface area contributed by atoms with E-state index in [1.807, 2.05) is 6.07 Å². The van der Waals surface area contributed by atoms with Crippen molar-refractivity contribution in [3.63, 3.8) is 0 Å². The predicted molar refractivity (Wildman–Crippen MR) is 66.1 cm³/mol. The van der Waals surface area contributed by atoms with Crippen molar-refractivity contribution >= 4 is 5.78 Å². The summed E-state index contributed by atoms with van der Waals surface area (Å²) in [6.45, 7) is -0.814. The second-order valence-corrected chi connectivity index (χ2v) is 3.90. The van der Waals surface area contributed by atoms with Crippen molar-refractivity contribution in [1.82, 2.24) is 9.78 Å². The highest BCUT2D eigenvalue weighted by atomic mass is 16.6. The highest BCUT2D eigenvalue weighted by molar-refractivity contribution is 5.96. The maximum absolute atomic E-state index is 11.5. The standard InChI is InChI=1S/C12H8N4O4/c13-4-8-1-2-10(11(17)3-8)15-6-9(5-14-15)12(18)7-16(19)20/h1-3,5-6,17H,7H2. The minimum absolute atomic E-state index is 0.0745. The molecule has 0 unspecified atom stereocenters. The zero-order valence-corrected chi connectivity index (χ0v) is 10.1. The summed E-state index contributed by atoms with van der Waals surface area (Å²) >= 11 is 0. The molecule has 0 atom stereocenters. The Morgan fingerprint density at radius 1 is 1.55 bits per heavy atom. The smallest absolute Gasteiger partial charge is 0.265 e. The number of hydrogen-bond acceptors (Lipinski definition) is 6. The summed E-state index contributed by atoms with van der Waals surface area (Å²) in [7, 11) is 0. The molecular formula is C12H8N4O4. The topological polar surface area (TPSA) is 122 Å². The first-order chi connectivity index (χ1) is 9.51. The SMILES string of the molecule is N#Cc1ccc(-n2cc(C(=O)C[N+](=O)[O-])cn2)c(O)c1. The molecule has 1 N–H and O–H groups in total. The van der Waals surface area contributed by atoms with Gasteiger partial charge < -0.3 is 5.11 Å². The summed E-state index contributed by atoms with van der Waals surface area (Å²) in [6.07, 6.45) is 2.47. The molecule has 1 aromatic heterocycles. The molecule has 0 aliphatic rings. The Morgan fingerprint density at radius 2 is 2.30 bits per heavy atom. The van der Waals surface area contributed by atoms with Crippen molar-refractivity contribution in [1.29, 1.82) is 5.26 Å².